The van der Waals surface area contributed by atoms with E-state index >= 15 is 0 Å². The Hall–Kier alpha value is -1.79. The molecule has 0 bridgehead atoms. The molecule has 1 aromatic carbocycles. The molecule has 1 aromatic rings. The first-order chi connectivity index (χ1) is 8.15. The summed E-state index contributed by atoms with van der Waals surface area (Å²) in [4.78, 5) is 10.9. The van der Waals surface area contributed by atoms with E-state index < -0.39 is 12.0 Å². The number of benzene rings is 1. The molecule has 0 fully saturated rings. The minimum absolute atomic E-state index is 0.123. The number of carbonyl (C=O) groups is 1. The molecule has 0 saturated heterocycles. The van der Waals surface area contributed by atoms with Gasteiger partial charge in [0.2, 0.25) is 6.79 Å². The highest BCUT2D eigenvalue weighted by molar-refractivity contribution is 5.76. The fraction of sp³-hybridized carbons (Fsp3) is 0.364. The largest absolute Gasteiger partial charge is 0.480 e. The van der Waals surface area contributed by atoms with Crippen LogP contribution in [0.2, 0.25) is 0 Å². The second-order valence-corrected chi connectivity index (χ2v) is 3.62. The second kappa shape index (κ2) is 4.60. The van der Waals surface area contributed by atoms with Gasteiger partial charge in [0, 0.05) is 12.7 Å². The number of nitrogens with two attached hydrogens (primary N) is 1. The molecule has 6 heteroatoms. The van der Waals surface area contributed by atoms with E-state index in [9.17, 15) is 4.79 Å². The molecule has 0 aliphatic carbocycles. The lowest BCUT2D eigenvalue weighted by Gasteiger charge is -2.14. The smallest absolute Gasteiger partial charge is 0.325 e. The van der Waals surface area contributed by atoms with E-state index in [1.807, 2.05) is 0 Å². The minimum atomic E-state index is -1.10. The molecule has 1 heterocycles. The van der Waals surface area contributed by atoms with Crippen LogP contribution in [0.5, 0.6) is 11.5 Å². The highest BCUT2D eigenvalue weighted by Gasteiger charge is 2.25. The first-order valence-electron chi connectivity index (χ1n) is 5.04. The van der Waals surface area contributed by atoms with Gasteiger partial charge in [-0.25, -0.2) is 0 Å². The van der Waals surface area contributed by atoms with Crippen molar-refractivity contribution in [3.05, 3.63) is 23.3 Å². The summed E-state index contributed by atoms with van der Waals surface area (Å²) < 4.78 is 15.6. The van der Waals surface area contributed by atoms with E-state index in [2.05, 4.69) is 0 Å². The summed E-state index contributed by atoms with van der Waals surface area (Å²) in [6, 6.07) is 2.18. The summed E-state index contributed by atoms with van der Waals surface area (Å²) in [6.45, 7) is 0.348. The lowest BCUT2D eigenvalue weighted by molar-refractivity contribution is -0.138. The maximum Gasteiger partial charge on any atom is 0.325 e. The number of aliphatic carboxylic acids is 1. The van der Waals surface area contributed by atoms with Gasteiger partial charge in [-0.3, -0.25) is 4.79 Å². The molecule has 1 atom stereocenters. The summed E-state index contributed by atoms with van der Waals surface area (Å²) in [5.41, 5.74) is 6.71. The predicted molar refractivity (Wildman–Crippen MR) is 57.8 cm³/mol. The zero-order chi connectivity index (χ0) is 12.4. The van der Waals surface area contributed by atoms with Gasteiger partial charge in [-0.05, 0) is 11.6 Å². The van der Waals surface area contributed by atoms with Gasteiger partial charge in [-0.1, -0.05) is 6.07 Å². The number of carboxylic acid groups (broad SMARTS) is 1. The van der Waals surface area contributed by atoms with E-state index in [0.717, 1.165) is 0 Å². The molecule has 2 rings (SSSR count). The normalized spacial score (nSPS) is 14.7. The van der Waals surface area contributed by atoms with Crippen LogP contribution in [-0.4, -0.2) is 25.0 Å². The third kappa shape index (κ3) is 2.04. The number of carboxylic acids is 1. The van der Waals surface area contributed by atoms with E-state index in [1.54, 1.807) is 12.1 Å². The van der Waals surface area contributed by atoms with E-state index in [1.165, 1.54) is 7.11 Å². The van der Waals surface area contributed by atoms with Crippen molar-refractivity contribution >= 4 is 5.97 Å². The summed E-state index contributed by atoms with van der Waals surface area (Å²) in [6.07, 6.45) is 0. The Bertz CT molecular complexity index is 446. The maximum atomic E-state index is 10.9. The van der Waals surface area contributed by atoms with Gasteiger partial charge in [-0.15, -0.1) is 0 Å². The van der Waals surface area contributed by atoms with Crippen LogP contribution in [0.15, 0.2) is 12.1 Å². The Labute approximate surface area is 97.9 Å². The Kier molecular flexibility index (Phi) is 3.16. The summed E-state index contributed by atoms with van der Waals surface area (Å²) in [5.74, 6) is 0.000608. The van der Waals surface area contributed by atoms with Crippen LogP contribution in [0.25, 0.3) is 0 Å². The summed E-state index contributed by atoms with van der Waals surface area (Å²) >= 11 is 0. The highest BCUT2D eigenvalue weighted by atomic mass is 16.7. The molecule has 0 aromatic heterocycles. The molecule has 0 radical (unpaired) electrons. The van der Waals surface area contributed by atoms with Crippen LogP contribution in [-0.2, 0) is 16.1 Å². The third-order valence-electron chi connectivity index (χ3n) is 2.57. The summed E-state index contributed by atoms with van der Waals surface area (Å²) in [5, 5.41) is 8.94. The van der Waals surface area contributed by atoms with Gasteiger partial charge in [0.15, 0.2) is 11.5 Å². The Morgan fingerprint density at radius 3 is 3.00 bits per heavy atom. The predicted octanol–water partition coefficient (Wildman–Crippen LogP) is 0.646. The van der Waals surface area contributed by atoms with Gasteiger partial charge >= 0.3 is 5.97 Å². The van der Waals surface area contributed by atoms with E-state index in [0.29, 0.717) is 22.6 Å². The highest BCUT2D eigenvalue weighted by Crippen LogP contribution is 2.39. The van der Waals surface area contributed by atoms with Crippen LogP contribution >= 0.6 is 0 Å². The standard InChI is InChI=1S/C11H13NO5/c1-15-4-7-6(9(12)11(13)14)2-3-8-10(7)17-5-16-8/h2-3,9H,4-5,12H2,1H3,(H,13,14). The number of fused-ring (bicyclic) bond motifs is 1. The van der Waals surface area contributed by atoms with Crippen molar-refractivity contribution in [2.24, 2.45) is 5.73 Å². The van der Waals surface area contributed by atoms with Gasteiger partial charge in [0.1, 0.15) is 6.04 Å². The fourth-order valence-corrected chi connectivity index (χ4v) is 1.76. The molecule has 6 nitrogen and oxygen atoms in total. The topological polar surface area (TPSA) is 91.0 Å². The van der Waals surface area contributed by atoms with Gasteiger partial charge < -0.3 is 25.1 Å². The van der Waals surface area contributed by atoms with Gasteiger partial charge in [-0.2, -0.15) is 0 Å². The average Bonchev–Trinajstić information content (AvgIpc) is 2.77. The molecule has 0 spiro atoms. The van der Waals surface area contributed by atoms with Crippen molar-refractivity contribution < 1.29 is 24.1 Å². The number of ether oxygens (including phenoxy) is 3. The van der Waals surface area contributed by atoms with Crippen LogP contribution < -0.4 is 15.2 Å². The average molecular weight is 239 g/mol. The van der Waals surface area contributed by atoms with Crippen molar-refractivity contribution in [3.63, 3.8) is 0 Å². The number of methoxy groups -OCH3 is 1. The fourth-order valence-electron chi connectivity index (χ4n) is 1.76. The van der Waals surface area contributed by atoms with Crippen molar-refractivity contribution in [2.45, 2.75) is 12.6 Å². The van der Waals surface area contributed by atoms with Gasteiger partial charge in [0.05, 0.1) is 6.61 Å². The van der Waals surface area contributed by atoms with Crippen molar-refractivity contribution in [2.75, 3.05) is 13.9 Å². The number of rotatable bonds is 4. The number of hydrogen-bond acceptors (Lipinski definition) is 5. The van der Waals surface area contributed by atoms with Crippen LogP contribution in [0.1, 0.15) is 17.2 Å². The lowest BCUT2D eigenvalue weighted by atomic mass is 10.00. The zero-order valence-electron chi connectivity index (χ0n) is 9.30. The van der Waals surface area contributed by atoms with Crippen LogP contribution in [0.4, 0.5) is 0 Å². The molecular weight excluding hydrogens is 226 g/mol. The van der Waals surface area contributed by atoms with Crippen LogP contribution in [0.3, 0.4) is 0 Å². The van der Waals surface area contributed by atoms with Gasteiger partial charge in [0.25, 0.3) is 0 Å². The molecule has 0 saturated carbocycles. The maximum absolute atomic E-state index is 10.9. The zero-order valence-corrected chi connectivity index (χ0v) is 9.30. The quantitative estimate of drug-likeness (QED) is 0.801. The molecule has 0 amide bonds. The first-order valence-corrected chi connectivity index (χ1v) is 5.04. The van der Waals surface area contributed by atoms with Crippen molar-refractivity contribution in [1.29, 1.82) is 0 Å². The van der Waals surface area contributed by atoms with Crippen molar-refractivity contribution in [1.82, 2.24) is 0 Å². The molecule has 17 heavy (non-hydrogen) atoms. The van der Waals surface area contributed by atoms with E-state index in [4.69, 9.17) is 25.1 Å². The Balaban J connectivity index is 2.48. The molecule has 1 unspecified atom stereocenters. The Morgan fingerprint density at radius 2 is 2.35 bits per heavy atom. The molecule has 3 N–H and O–H groups in total. The molecule has 92 valence electrons. The lowest BCUT2D eigenvalue weighted by Crippen LogP contribution is -2.22. The SMILES string of the molecule is COCc1c(C(N)C(=O)O)ccc2c1OCO2. The molecule has 1 aliphatic rings. The van der Waals surface area contributed by atoms with E-state index in [-0.39, 0.29) is 13.4 Å². The first kappa shape index (κ1) is 11.7. The Morgan fingerprint density at radius 1 is 1.59 bits per heavy atom. The van der Waals surface area contributed by atoms with Crippen LogP contribution in [0, 0.1) is 0 Å². The molecular formula is C11H13NO5. The number of hydrogen-bond donors (Lipinski definition) is 2. The second-order valence-electron chi connectivity index (χ2n) is 3.62. The summed E-state index contributed by atoms with van der Waals surface area (Å²) in [7, 11) is 1.52. The third-order valence-corrected chi connectivity index (χ3v) is 2.57. The monoisotopic (exact) mass is 239 g/mol. The minimum Gasteiger partial charge on any atom is -0.480 e. The van der Waals surface area contributed by atoms with Crippen molar-refractivity contribution in [3.8, 4) is 11.5 Å². The molecule has 1 aliphatic heterocycles.